The van der Waals surface area contributed by atoms with Crippen molar-refractivity contribution in [2.75, 3.05) is 20.2 Å². The molecule has 5 nitrogen and oxygen atoms in total. The lowest BCUT2D eigenvalue weighted by atomic mass is 9.89. The largest absolute Gasteiger partial charge is 0.388 e. The Labute approximate surface area is 136 Å². The van der Waals surface area contributed by atoms with Crippen molar-refractivity contribution < 1.29 is 9.84 Å². The van der Waals surface area contributed by atoms with Gasteiger partial charge in [-0.25, -0.2) is 9.97 Å². The standard InChI is InChI=1S/C18H21N3O2/c1-4-18(23-3)9-10-21(11-16(18)22)12-17-19-13(2)14-7-5-6-8-15(14)20-17/h1,5-8,16,22H,9-12H2,2-3H3. The number of aliphatic hydroxyl groups excluding tert-OH is 1. The molecule has 1 aliphatic rings. The lowest BCUT2D eigenvalue weighted by molar-refractivity contribution is -0.106. The van der Waals surface area contributed by atoms with Crippen LogP contribution in [0.25, 0.3) is 10.9 Å². The quantitative estimate of drug-likeness (QED) is 0.871. The van der Waals surface area contributed by atoms with Crippen molar-refractivity contribution in [3.05, 3.63) is 35.8 Å². The number of likely N-dealkylation sites (tertiary alicyclic amines) is 1. The third kappa shape index (κ3) is 2.93. The van der Waals surface area contributed by atoms with Crippen LogP contribution in [-0.4, -0.2) is 51.9 Å². The number of methoxy groups -OCH3 is 1. The Hall–Kier alpha value is -2.00. The van der Waals surface area contributed by atoms with E-state index < -0.39 is 11.7 Å². The number of piperidine rings is 1. The minimum atomic E-state index is -0.878. The summed E-state index contributed by atoms with van der Waals surface area (Å²) in [5, 5.41) is 11.4. The van der Waals surface area contributed by atoms with Crippen LogP contribution < -0.4 is 0 Å². The molecule has 0 radical (unpaired) electrons. The van der Waals surface area contributed by atoms with Gasteiger partial charge >= 0.3 is 0 Å². The first-order valence-corrected chi connectivity index (χ1v) is 7.73. The summed E-state index contributed by atoms with van der Waals surface area (Å²) in [6.07, 6.45) is 5.42. The maximum Gasteiger partial charge on any atom is 0.156 e. The van der Waals surface area contributed by atoms with Crippen LogP contribution >= 0.6 is 0 Å². The Morgan fingerprint density at radius 2 is 2.22 bits per heavy atom. The predicted molar refractivity (Wildman–Crippen MR) is 88.7 cm³/mol. The highest BCUT2D eigenvalue weighted by Crippen LogP contribution is 2.26. The van der Waals surface area contributed by atoms with Gasteiger partial charge in [-0.2, -0.15) is 0 Å². The Balaban J connectivity index is 1.78. The van der Waals surface area contributed by atoms with E-state index >= 15 is 0 Å². The third-order valence-electron chi connectivity index (χ3n) is 4.58. The van der Waals surface area contributed by atoms with Crippen LogP contribution in [0, 0.1) is 19.3 Å². The van der Waals surface area contributed by atoms with Gasteiger partial charge in [0.2, 0.25) is 0 Å². The van der Waals surface area contributed by atoms with E-state index in [0.29, 0.717) is 19.5 Å². The van der Waals surface area contributed by atoms with Crippen molar-refractivity contribution in [1.82, 2.24) is 14.9 Å². The fourth-order valence-electron chi connectivity index (χ4n) is 3.15. The summed E-state index contributed by atoms with van der Waals surface area (Å²) in [4.78, 5) is 11.3. The first kappa shape index (κ1) is 15.9. The molecule has 1 N–H and O–H groups in total. The molecule has 1 aromatic carbocycles. The highest BCUT2D eigenvalue weighted by molar-refractivity contribution is 5.80. The monoisotopic (exact) mass is 311 g/mol. The van der Waals surface area contributed by atoms with Gasteiger partial charge in [0.25, 0.3) is 0 Å². The van der Waals surface area contributed by atoms with Crippen LogP contribution in [0.1, 0.15) is 17.9 Å². The van der Waals surface area contributed by atoms with Gasteiger partial charge in [0.1, 0.15) is 11.9 Å². The van der Waals surface area contributed by atoms with Crippen LogP contribution in [0.4, 0.5) is 0 Å². The Bertz CT molecular complexity index is 756. The highest BCUT2D eigenvalue weighted by Gasteiger charge is 2.41. The normalized spacial score (nSPS) is 25.4. The van der Waals surface area contributed by atoms with Crippen LogP contribution in [0.2, 0.25) is 0 Å². The summed E-state index contributed by atoms with van der Waals surface area (Å²) in [7, 11) is 1.55. The van der Waals surface area contributed by atoms with Crippen LogP contribution in [0.3, 0.4) is 0 Å². The van der Waals surface area contributed by atoms with E-state index in [9.17, 15) is 5.11 Å². The summed E-state index contributed by atoms with van der Waals surface area (Å²) >= 11 is 0. The highest BCUT2D eigenvalue weighted by atomic mass is 16.5. The van der Waals surface area contributed by atoms with E-state index in [2.05, 4.69) is 20.8 Å². The van der Waals surface area contributed by atoms with Crippen molar-refractivity contribution >= 4 is 10.9 Å². The Morgan fingerprint density at radius 1 is 1.43 bits per heavy atom. The smallest absolute Gasteiger partial charge is 0.156 e. The maximum atomic E-state index is 10.3. The number of hydrogen-bond donors (Lipinski definition) is 1. The molecule has 3 rings (SSSR count). The summed E-state index contributed by atoms with van der Waals surface area (Å²) in [5.41, 5.74) is 1.04. The summed E-state index contributed by atoms with van der Waals surface area (Å²) in [6, 6.07) is 7.98. The molecule has 0 amide bonds. The van der Waals surface area contributed by atoms with Crippen LogP contribution in [-0.2, 0) is 11.3 Å². The maximum absolute atomic E-state index is 10.3. The molecular formula is C18H21N3O2. The second-order valence-electron chi connectivity index (χ2n) is 5.98. The molecule has 2 unspecified atom stereocenters. The fraction of sp³-hybridized carbons (Fsp3) is 0.444. The number of nitrogens with zero attached hydrogens (tertiary/aromatic N) is 3. The Kier molecular flexibility index (Phi) is 4.31. The zero-order valence-electron chi connectivity index (χ0n) is 13.5. The van der Waals surface area contributed by atoms with E-state index in [4.69, 9.17) is 11.2 Å². The van der Waals surface area contributed by atoms with E-state index in [0.717, 1.165) is 29.0 Å². The van der Waals surface area contributed by atoms with E-state index in [1.54, 1.807) is 7.11 Å². The number of ether oxygens (including phenoxy) is 1. The number of fused-ring (bicyclic) bond motifs is 1. The zero-order valence-corrected chi connectivity index (χ0v) is 13.5. The van der Waals surface area contributed by atoms with Gasteiger partial charge in [-0.15, -0.1) is 6.42 Å². The molecule has 1 aliphatic heterocycles. The zero-order chi connectivity index (χ0) is 16.4. The molecule has 120 valence electrons. The number of para-hydroxylation sites is 1. The summed E-state index contributed by atoms with van der Waals surface area (Å²) < 4.78 is 5.37. The second kappa shape index (κ2) is 6.25. The van der Waals surface area contributed by atoms with Gasteiger partial charge in [-0.3, -0.25) is 4.90 Å². The number of rotatable bonds is 3. The molecule has 1 fully saturated rings. The number of terminal acetylenes is 1. The van der Waals surface area contributed by atoms with Gasteiger partial charge in [0, 0.05) is 37.7 Å². The van der Waals surface area contributed by atoms with Gasteiger partial charge in [0.05, 0.1) is 12.1 Å². The van der Waals surface area contributed by atoms with Crippen molar-refractivity contribution in [3.63, 3.8) is 0 Å². The van der Waals surface area contributed by atoms with E-state index in [-0.39, 0.29) is 0 Å². The fourth-order valence-corrected chi connectivity index (χ4v) is 3.15. The minimum Gasteiger partial charge on any atom is -0.388 e. The molecule has 0 saturated carbocycles. The topological polar surface area (TPSA) is 58.5 Å². The predicted octanol–water partition coefficient (Wildman–Crippen LogP) is 1.52. The first-order valence-electron chi connectivity index (χ1n) is 7.73. The van der Waals surface area contributed by atoms with E-state index in [1.807, 2.05) is 31.2 Å². The molecule has 2 aromatic rings. The second-order valence-corrected chi connectivity index (χ2v) is 5.98. The van der Waals surface area contributed by atoms with Gasteiger partial charge in [-0.05, 0) is 13.0 Å². The number of aliphatic hydroxyl groups is 1. The van der Waals surface area contributed by atoms with Gasteiger partial charge < -0.3 is 9.84 Å². The molecule has 2 atom stereocenters. The minimum absolute atomic E-state index is 0.452. The molecule has 1 saturated heterocycles. The molecule has 2 heterocycles. The van der Waals surface area contributed by atoms with E-state index in [1.165, 1.54) is 0 Å². The number of β-amino-alcohol motifs (C(OH)–C–C–N with tert-alkyl or cyclic N) is 1. The number of aryl methyl sites for hydroxylation is 1. The lowest BCUT2D eigenvalue weighted by Gasteiger charge is -2.41. The molecule has 1 aromatic heterocycles. The van der Waals surface area contributed by atoms with Crippen LogP contribution in [0.15, 0.2) is 24.3 Å². The average Bonchev–Trinajstić information content (AvgIpc) is 2.56. The van der Waals surface area contributed by atoms with Crippen molar-refractivity contribution in [3.8, 4) is 12.3 Å². The van der Waals surface area contributed by atoms with Crippen molar-refractivity contribution in [1.29, 1.82) is 0 Å². The van der Waals surface area contributed by atoms with Gasteiger partial charge in [-0.1, -0.05) is 24.1 Å². The summed E-state index contributed by atoms with van der Waals surface area (Å²) in [6.45, 7) is 3.78. The van der Waals surface area contributed by atoms with Gasteiger partial charge in [0.15, 0.2) is 5.60 Å². The molecule has 0 bridgehead atoms. The lowest BCUT2D eigenvalue weighted by Crippen LogP contribution is -2.55. The van der Waals surface area contributed by atoms with Crippen molar-refractivity contribution in [2.45, 2.75) is 31.6 Å². The molecule has 5 heteroatoms. The average molecular weight is 311 g/mol. The molecule has 23 heavy (non-hydrogen) atoms. The first-order chi connectivity index (χ1) is 11.1. The summed E-state index contributed by atoms with van der Waals surface area (Å²) in [5.74, 6) is 3.37. The third-order valence-corrected chi connectivity index (χ3v) is 4.58. The number of hydrogen-bond acceptors (Lipinski definition) is 5. The Morgan fingerprint density at radius 3 is 2.91 bits per heavy atom. The van der Waals surface area contributed by atoms with Crippen molar-refractivity contribution in [2.24, 2.45) is 0 Å². The molecular weight excluding hydrogens is 290 g/mol. The molecule has 0 spiro atoms. The number of aromatic nitrogens is 2. The number of benzene rings is 1. The SMILES string of the molecule is C#CC1(OC)CCN(Cc2nc(C)c3ccccc3n2)CC1O. The van der Waals surface area contributed by atoms with Crippen LogP contribution in [0.5, 0.6) is 0 Å². The molecule has 0 aliphatic carbocycles.